The summed E-state index contributed by atoms with van der Waals surface area (Å²) >= 11 is 1.04. The molecule has 0 fully saturated rings. The Morgan fingerprint density at radius 1 is 1.73 bits per heavy atom. The predicted octanol–water partition coefficient (Wildman–Crippen LogP) is 0.949. The first-order valence-corrected chi connectivity index (χ1v) is 3.53. The van der Waals surface area contributed by atoms with Gasteiger partial charge in [-0.3, -0.25) is 10.1 Å². The highest BCUT2D eigenvalue weighted by molar-refractivity contribution is 7.16. The Hall–Kier alpha value is -1.43. The van der Waals surface area contributed by atoms with Crippen molar-refractivity contribution >= 4 is 22.6 Å². The van der Waals surface area contributed by atoms with Crippen molar-refractivity contribution in [1.82, 2.24) is 0 Å². The molecule has 0 amide bonds. The highest BCUT2D eigenvalue weighted by atomic mass is 32.1. The molecule has 0 aliphatic rings. The molecular formula is C5H5N3O2S. The van der Waals surface area contributed by atoms with E-state index in [1.807, 2.05) is 0 Å². The van der Waals surface area contributed by atoms with Crippen LogP contribution in [0.15, 0.2) is 17.2 Å². The number of nitro groups is 1. The van der Waals surface area contributed by atoms with Crippen LogP contribution in [0.1, 0.15) is 4.88 Å². The van der Waals surface area contributed by atoms with E-state index in [0.717, 1.165) is 11.3 Å². The summed E-state index contributed by atoms with van der Waals surface area (Å²) in [4.78, 5) is 10.4. The summed E-state index contributed by atoms with van der Waals surface area (Å²) in [6.07, 6.45) is 1.37. The highest BCUT2D eigenvalue weighted by Crippen LogP contribution is 2.21. The average Bonchev–Trinajstić information content (AvgIpc) is 2.37. The molecule has 58 valence electrons. The summed E-state index contributed by atoms with van der Waals surface area (Å²) in [5, 5.41) is 13.5. The van der Waals surface area contributed by atoms with Crippen molar-refractivity contribution in [3.63, 3.8) is 0 Å². The van der Waals surface area contributed by atoms with Crippen molar-refractivity contribution in [2.45, 2.75) is 0 Å². The fourth-order valence-corrected chi connectivity index (χ4v) is 1.28. The Bertz CT molecular complexity index is 294. The van der Waals surface area contributed by atoms with Gasteiger partial charge >= 0.3 is 5.00 Å². The molecule has 1 aromatic heterocycles. The number of nitrogens with two attached hydrogens (primary N) is 1. The normalized spacial score (nSPS) is 10.5. The summed E-state index contributed by atoms with van der Waals surface area (Å²) in [5.74, 6) is 4.85. The van der Waals surface area contributed by atoms with Gasteiger partial charge in [0.25, 0.3) is 0 Å². The summed E-state index contributed by atoms with van der Waals surface area (Å²) in [7, 11) is 0. The van der Waals surface area contributed by atoms with E-state index >= 15 is 0 Å². The van der Waals surface area contributed by atoms with E-state index in [2.05, 4.69) is 5.10 Å². The minimum atomic E-state index is -0.446. The summed E-state index contributed by atoms with van der Waals surface area (Å²) in [6.45, 7) is 0. The molecule has 0 aliphatic heterocycles. The van der Waals surface area contributed by atoms with Gasteiger partial charge < -0.3 is 5.84 Å². The third-order valence-electron chi connectivity index (χ3n) is 0.994. The van der Waals surface area contributed by atoms with Crippen LogP contribution in [0.3, 0.4) is 0 Å². The van der Waals surface area contributed by atoms with Crippen LogP contribution in [-0.4, -0.2) is 11.1 Å². The van der Waals surface area contributed by atoms with E-state index in [9.17, 15) is 10.1 Å². The van der Waals surface area contributed by atoms with Gasteiger partial charge in [-0.1, -0.05) is 11.3 Å². The molecule has 1 heterocycles. The van der Waals surface area contributed by atoms with Crippen LogP contribution in [0.4, 0.5) is 5.00 Å². The fourth-order valence-electron chi connectivity index (χ4n) is 0.583. The molecule has 0 spiro atoms. The first-order chi connectivity index (χ1) is 5.24. The first-order valence-electron chi connectivity index (χ1n) is 2.71. The van der Waals surface area contributed by atoms with Crippen molar-refractivity contribution in [2.24, 2.45) is 10.9 Å². The lowest BCUT2D eigenvalue weighted by molar-refractivity contribution is -0.380. The Morgan fingerprint density at radius 2 is 2.45 bits per heavy atom. The summed E-state index contributed by atoms with van der Waals surface area (Å²) in [6, 6.07) is 3.01. The Balaban J connectivity index is 2.90. The Labute approximate surface area is 66.3 Å². The summed E-state index contributed by atoms with van der Waals surface area (Å²) in [5.41, 5.74) is 0. The lowest BCUT2D eigenvalue weighted by Gasteiger charge is -1.79. The molecular weight excluding hydrogens is 166 g/mol. The molecule has 0 aliphatic carbocycles. The van der Waals surface area contributed by atoms with Crippen molar-refractivity contribution in [1.29, 1.82) is 0 Å². The number of hydrazone groups is 1. The van der Waals surface area contributed by atoms with Gasteiger partial charge in [-0.2, -0.15) is 5.10 Å². The zero-order chi connectivity index (χ0) is 8.27. The molecule has 0 saturated carbocycles. The second-order valence-corrected chi connectivity index (χ2v) is 2.81. The van der Waals surface area contributed by atoms with Gasteiger partial charge in [0, 0.05) is 6.07 Å². The second-order valence-electron chi connectivity index (χ2n) is 1.71. The zero-order valence-corrected chi connectivity index (χ0v) is 6.25. The van der Waals surface area contributed by atoms with Gasteiger partial charge in [0.05, 0.1) is 16.0 Å². The molecule has 1 aromatic rings. The topological polar surface area (TPSA) is 81.5 Å². The number of rotatable bonds is 2. The third-order valence-corrected chi connectivity index (χ3v) is 1.97. The van der Waals surface area contributed by atoms with Gasteiger partial charge in [-0.15, -0.1) is 0 Å². The first kappa shape index (κ1) is 7.67. The quantitative estimate of drug-likeness (QED) is 0.311. The largest absolute Gasteiger partial charge is 0.324 e. The number of hydrogen-bond donors (Lipinski definition) is 1. The average molecular weight is 171 g/mol. The number of nitrogens with zero attached hydrogens (tertiary/aromatic N) is 2. The maximum Gasteiger partial charge on any atom is 0.324 e. The lowest BCUT2D eigenvalue weighted by atomic mass is 10.5. The monoisotopic (exact) mass is 171 g/mol. The van der Waals surface area contributed by atoms with E-state index in [1.54, 1.807) is 6.07 Å². The van der Waals surface area contributed by atoms with Crippen LogP contribution in [0.5, 0.6) is 0 Å². The van der Waals surface area contributed by atoms with Gasteiger partial charge in [0.2, 0.25) is 0 Å². The second kappa shape index (κ2) is 3.11. The third kappa shape index (κ3) is 1.74. The minimum absolute atomic E-state index is 0.0971. The molecule has 5 nitrogen and oxygen atoms in total. The SMILES string of the molecule is N/N=C/c1ccc([N+](=O)[O-])s1. The van der Waals surface area contributed by atoms with E-state index < -0.39 is 4.92 Å². The maximum atomic E-state index is 10.2. The molecule has 0 saturated heterocycles. The van der Waals surface area contributed by atoms with E-state index in [1.165, 1.54) is 12.3 Å². The van der Waals surface area contributed by atoms with Crippen molar-refractivity contribution in [3.8, 4) is 0 Å². The van der Waals surface area contributed by atoms with Crippen LogP contribution in [0, 0.1) is 10.1 Å². The van der Waals surface area contributed by atoms with Gasteiger partial charge in [0.15, 0.2) is 0 Å². The van der Waals surface area contributed by atoms with Crippen LogP contribution in [0.2, 0.25) is 0 Å². The molecule has 0 radical (unpaired) electrons. The Morgan fingerprint density at radius 3 is 2.91 bits per heavy atom. The molecule has 0 atom stereocenters. The van der Waals surface area contributed by atoms with Gasteiger partial charge in [0.1, 0.15) is 0 Å². The van der Waals surface area contributed by atoms with Crippen molar-refractivity contribution in [2.75, 3.05) is 0 Å². The van der Waals surface area contributed by atoms with E-state index in [4.69, 9.17) is 5.84 Å². The molecule has 0 bridgehead atoms. The van der Waals surface area contributed by atoms with Crippen LogP contribution in [-0.2, 0) is 0 Å². The Kier molecular flexibility index (Phi) is 2.17. The smallest absolute Gasteiger partial charge is 0.323 e. The fraction of sp³-hybridized carbons (Fsp3) is 0. The van der Waals surface area contributed by atoms with Crippen molar-refractivity contribution < 1.29 is 4.92 Å². The molecule has 2 N–H and O–H groups in total. The molecule has 1 rings (SSSR count). The van der Waals surface area contributed by atoms with Crippen molar-refractivity contribution in [3.05, 3.63) is 27.1 Å². The number of thiophene rings is 1. The van der Waals surface area contributed by atoms with Gasteiger partial charge in [-0.05, 0) is 6.07 Å². The zero-order valence-electron chi connectivity index (χ0n) is 5.43. The molecule has 0 unspecified atom stereocenters. The lowest BCUT2D eigenvalue weighted by Crippen LogP contribution is -1.82. The highest BCUT2D eigenvalue weighted by Gasteiger charge is 2.07. The van der Waals surface area contributed by atoms with Crippen LogP contribution < -0.4 is 5.84 Å². The van der Waals surface area contributed by atoms with E-state index in [0.29, 0.717) is 4.88 Å². The minimum Gasteiger partial charge on any atom is -0.323 e. The van der Waals surface area contributed by atoms with E-state index in [-0.39, 0.29) is 5.00 Å². The molecule has 11 heavy (non-hydrogen) atoms. The standard InChI is InChI=1S/C5H5N3O2S/c6-7-3-4-1-2-5(11-4)8(9)10/h1-3H,6H2/b7-3+. The maximum absolute atomic E-state index is 10.2. The van der Waals surface area contributed by atoms with Crippen LogP contribution >= 0.6 is 11.3 Å². The van der Waals surface area contributed by atoms with Crippen LogP contribution in [0.25, 0.3) is 0 Å². The van der Waals surface area contributed by atoms with Gasteiger partial charge in [-0.25, -0.2) is 0 Å². The molecule has 6 heteroatoms. The summed E-state index contributed by atoms with van der Waals surface area (Å²) < 4.78 is 0. The number of hydrogen-bond acceptors (Lipinski definition) is 5. The predicted molar refractivity (Wildman–Crippen MR) is 42.8 cm³/mol. The molecule has 0 aromatic carbocycles.